The van der Waals surface area contributed by atoms with Crippen molar-refractivity contribution in [2.24, 2.45) is 0 Å². The Hall–Kier alpha value is -1.28. The van der Waals surface area contributed by atoms with E-state index in [9.17, 15) is 0 Å². The Balaban J connectivity index is 2.51. The van der Waals surface area contributed by atoms with Crippen molar-refractivity contribution in [2.45, 2.75) is 13.3 Å². The number of benzene rings is 1. The van der Waals surface area contributed by atoms with Gasteiger partial charge in [0, 0.05) is 16.3 Å². The first-order valence-corrected chi connectivity index (χ1v) is 5.69. The SMILES string of the molecule is CCc1c[nH]c2c1sc1ccccc12. The third-order valence-electron chi connectivity index (χ3n) is 2.66. The number of aryl methyl sites for hydroxylation is 1. The zero-order valence-electron chi connectivity index (χ0n) is 8.00. The Kier molecular flexibility index (Phi) is 1.64. The fourth-order valence-electron chi connectivity index (χ4n) is 1.90. The first-order valence-electron chi connectivity index (χ1n) is 4.87. The highest BCUT2D eigenvalue weighted by Crippen LogP contribution is 2.35. The van der Waals surface area contributed by atoms with Crippen LogP contribution in [-0.2, 0) is 6.42 Å². The standard InChI is InChI=1S/C12H11NS/c1-2-8-7-13-11-9-5-3-4-6-10(9)14-12(8)11/h3-7,13H,2H2,1H3. The zero-order chi connectivity index (χ0) is 9.54. The molecule has 0 spiro atoms. The van der Waals surface area contributed by atoms with E-state index in [2.05, 4.69) is 42.4 Å². The second-order valence-corrected chi connectivity index (χ2v) is 4.52. The minimum atomic E-state index is 1.10. The lowest BCUT2D eigenvalue weighted by Gasteiger charge is -1.86. The molecule has 0 amide bonds. The summed E-state index contributed by atoms with van der Waals surface area (Å²) in [6.45, 7) is 2.20. The lowest BCUT2D eigenvalue weighted by atomic mass is 10.2. The van der Waals surface area contributed by atoms with Crippen molar-refractivity contribution in [3.8, 4) is 0 Å². The molecule has 0 bridgehead atoms. The molecule has 0 saturated carbocycles. The van der Waals surface area contributed by atoms with E-state index in [1.807, 2.05) is 11.3 Å². The van der Waals surface area contributed by atoms with Crippen LogP contribution in [0.25, 0.3) is 20.3 Å². The van der Waals surface area contributed by atoms with E-state index >= 15 is 0 Å². The van der Waals surface area contributed by atoms with Gasteiger partial charge in [0.05, 0.1) is 10.2 Å². The highest BCUT2D eigenvalue weighted by atomic mass is 32.1. The van der Waals surface area contributed by atoms with Gasteiger partial charge in [0.2, 0.25) is 0 Å². The molecule has 0 aliphatic rings. The van der Waals surface area contributed by atoms with Gasteiger partial charge in [-0.05, 0) is 18.1 Å². The van der Waals surface area contributed by atoms with E-state index in [1.165, 1.54) is 25.9 Å². The number of aromatic nitrogens is 1. The highest BCUT2D eigenvalue weighted by molar-refractivity contribution is 7.26. The lowest BCUT2D eigenvalue weighted by Crippen LogP contribution is -1.69. The van der Waals surface area contributed by atoms with Crippen LogP contribution in [0.5, 0.6) is 0 Å². The van der Waals surface area contributed by atoms with Crippen molar-refractivity contribution in [3.63, 3.8) is 0 Å². The Morgan fingerprint density at radius 1 is 1.29 bits per heavy atom. The van der Waals surface area contributed by atoms with Crippen LogP contribution in [0.1, 0.15) is 12.5 Å². The second-order valence-electron chi connectivity index (χ2n) is 3.47. The first kappa shape index (κ1) is 8.06. The molecule has 14 heavy (non-hydrogen) atoms. The van der Waals surface area contributed by atoms with Gasteiger partial charge in [-0.3, -0.25) is 0 Å². The van der Waals surface area contributed by atoms with Crippen molar-refractivity contribution >= 4 is 31.6 Å². The molecule has 0 aliphatic heterocycles. The van der Waals surface area contributed by atoms with Gasteiger partial charge in [0.25, 0.3) is 0 Å². The summed E-state index contributed by atoms with van der Waals surface area (Å²) in [6.07, 6.45) is 3.24. The molecular formula is C12H11NS. The normalized spacial score (nSPS) is 11.5. The van der Waals surface area contributed by atoms with Crippen LogP contribution in [0, 0.1) is 0 Å². The van der Waals surface area contributed by atoms with E-state index < -0.39 is 0 Å². The molecule has 0 unspecified atom stereocenters. The Morgan fingerprint density at radius 3 is 3.00 bits per heavy atom. The van der Waals surface area contributed by atoms with Crippen molar-refractivity contribution in [1.29, 1.82) is 0 Å². The Labute approximate surface area is 86.4 Å². The molecule has 2 aromatic heterocycles. The van der Waals surface area contributed by atoms with E-state index in [4.69, 9.17) is 0 Å². The molecule has 70 valence electrons. The molecule has 2 heteroatoms. The third-order valence-corrected chi connectivity index (χ3v) is 3.91. The summed E-state index contributed by atoms with van der Waals surface area (Å²) in [5.74, 6) is 0. The number of thiophene rings is 1. The second kappa shape index (κ2) is 2.85. The molecule has 0 saturated heterocycles. The molecule has 0 fully saturated rings. The van der Waals surface area contributed by atoms with Crippen LogP contribution in [-0.4, -0.2) is 4.98 Å². The number of nitrogens with one attached hydrogen (secondary N) is 1. The fraction of sp³-hybridized carbons (Fsp3) is 0.167. The lowest BCUT2D eigenvalue weighted by molar-refractivity contribution is 1.16. The molecule has 2 heterocycles. The maximum absolute atomic E-state index is 3.37. The number of aromatic amines is 1. The number of H-pyrrole nitrogens is 1. The van der Waals surface area contributed by atoms with Gasteiger partial charge in [-0.2, -0.15) is 0 Å². The van der Waals surface area contributed by atoms with Gasteiger partial charge in [0.15, 0.2) is 0 Å². The summed E-state index contributed by atoms with van der Waals surface area (Å²) < 4.78 is 2.80. The average molecular weight is 201 g/mol. The number of fused-ring (bicyclic) bond motifs is 3. The van der Waals surface area contributed by atoms with Crippen LogP contribution in [0.2, 0.25) is 0 Å². The largest absolute Gasteiger partial charge is 0.360 e. The molecule has 3 aromatic rings. The summed E-state index contributed by atoms with van der Waals surface area (Å²) in [7, 11) is 0. The molecule has 1 aromatic carbocycles. The third kappa shape index (κ3) is 0.946. The highest BCUT2D eigenvalue weighted by Gasteiger charge is 2.08. The van der Waals surface area contributed by atoms with Crippen molar-refractivity contribution in [3.05, 3.63) is 36.0 Å². The minimum Gasteiger partial charge on any atom is -0.360 e. The fourth-order valence-corrected chi connectivity index (χ4v) is 3.15. The summed E-state index contributed by atoms with van der Waals surface area (Å²) in [5.41, 5.74) is 2.74. The zero-order valence-corrected chi connectivity index (χ0v) is 8.82. The van der Waals surface area contributed by atoms with E-state index in [-0.39, 0.29) is 0 Å². The van der Waals surface area contributed by atoms with E-state index in [1.54, 1.807) is 0 Å². The number of hydrogen-bond donors (Lipinski definition) is 1. The summed E-state index contributed by atoms with van der Waals surface area (Å²) in [5, 5.41) is 1.35. The minimum absolute atomic E-state index is 1.10. The van der Waals surface area contributed by atoms with Crippen LogP contribution < -0.4 is 0 Å². The molecule has 1 N–H and O–H groups in total. The Bertz CT molecular complexity index is 588. The van der Waals surface area contributed by atoms with Crippen molar-refractivity contribution in [2.75, 3.05) is 0 Å². The molecule has 0 aliphatic carbocycles. The molecule has 0 radical (unpaired) electrons. The van der Waals surface area contributed by atoms with Crippen molar-refractivity contribution in [1.82, 2.24) is 4.98 Å². The van der Waals surface area contributed by atoms with Gasteiger partial charge in [-0.25, -0.2) is 0 Å². The first-order chi connectivity index (χ1) is 6.90. The van der Waals surface area contributed by atoms with Gasteiger partial charge in [-0.15, -0.1) is 11.3 Å². The van der Waals surface area contributed by atoms with Gasteiger partial charge >= 0.3 is 0 Å². The topological polar surface area (TPSA) is 15.8 Å². The molecule has 3 rings (SSSR count). The van der Waals surface area contributed by atoms with E-state index in [0.29, 0.717) is 0 Å². The Morgan fingerprint density at radius 2 is 2.14 bits per heavy atom. The predicted molar refractivity (Wildman–Crippen MR) is 63.1 cm³/mol. The predicted octanol–water partition coefficient (Wildman–Crippen LogP) is 3.95. The van der Waals surface area contributed by atoms with Crippen LogP contribution >= 0.6 is 11.3 Å². The maximum Gasteiger partial charge on any atom is 0.0646 e. The summed E-state index contributed by atoms with van der Waals surface area (Å²) in [6, 6.07) is 8.57. The number of rotatable bonds is 1. The van der Waals surface area contributed by atoms with Gasteiger partial charge in [-0.1, -0.05) is 25.1 Å². The molecule has 0 atom stereocenters. The maximum atomic E-state index is 3.37. The van der Waals surface area contributed by atoms with Crippen LogP contribution in [0.3, 0.4) is 0 Å². The molecular weight excluding hydrogens is 190 g/mol. The number of hydrogen-bond acceptors (Lipinski definition) is 1. The van der Waals surface area contributed by atoms with Gasteiger partial charge < -0.3 is 4.98 Å². The smallest absolute Gasteiger partial charge is 0.0646 e. The molecule has 1 nitrogen and oxygen atoms in total. The monoisotopic (exact) mass is 201 g/mol. The van der Waals surface area contributed by atoms with Gasteiger partial charge in [0.1, 0.15) is 0 Å². The average Bonchev–Trinajstić information content (AvgIpc) is 2.75. The van der Waals surface area contributed by atoms with E-state index in [0.717, 1.165) is 6.42 Å². The summed E-state index contributed by atoms with van der Waals surface area (Å²) in [4.78, 5) is 3.37. The quantitative estimate of drug-likeness (QED) is 0.613. The van der Waals surface area contributed by atoms with Crippen LogP contribution in [0.15, 0.2) is 30.5 Å². The van der Waals surface area contributed by atoms with Crippen LogP contribution in [0.4, 0.5) is 0 Å². The van der Waals surface area contributed by atoms with Crippen molar-refractivity contribution < 1.29 is 0 Å². The summed E-state index contributed by atoms with van der Waals surface area (Å²) >= 11 is 1.89.